The van der Waals surface area contributed by atoms with Crippen LogP contribution in [-0.4, -0.2) is 35.5 Å². The number of rotatable bonds is 4. The summed E-state index contributed by atoms with van der Waals surface area (Å²) < 4.78 is 0. The smallest absolute Gasteiger partial charge is 0.191 e. The molecule has 4 nitrogen and oxygen atoms in total. The molecule has 20 heavy (non-hydrogen) atoms. The van der Waals surface area contributed by atoms with Gasteiger partial charge in [0.05, 0.1) is 17.7 Å². The molecule has 7 heteroatoms. The lowest BCUT2D eigenvalue weighted by Gasteiger charge is -2.17. The largest absolute Gasteiger partial charge is 0.354 e. The second-order valence-electron chi connectivity index (χ2n) is 4.80. The molecule has 1 fully saturated rings. The highest BCUT2D eigenvalue weighted by atomic mass is 127. The van der Waals surface area contributed by atoms with Gasteiger partial charge in [0.2, 0.25) is 0 Å². The number of aryl methyl sites for hydroxylation is 1. The first-order valence-corrected chi connectivity index (χ1v) is 8.78. The van der Waals surface area contributed by atoms with Gasteiger partial charge in [-0.05, 0) is 32.4 Å². The molecule has 2 rings (SSSR count). The summed E-state index contributed by atoms with van der Waals surface area (Å²) in [7, 11) is 1.83. The number of hydrogen-bond acceptors (Lipinski definition) is 4. The van der Waals surface area contributed by atoms with Crippen molar-refractivity contribution in [2.75, 3.05) is 13.3 Å². The molecule has 114 valence electrons. The molecule has 1 saturated carbocycles. The first-order valence-electron chi connectivity index (χ1n) is 6.62. The van der Waals surface area contributed by atoms with E-state index in [9.17, 15) is 0 Å². The Morgan fingerprint density at radius 2 is 2.35 bits per heavy atom. The number of thiazole rings is 1. The number of thioether (sulfide) groups is 1. The molecule has 0 amide bonds. The van der Waals surface area contributed by atoms with Crippen molar-refractivity contribution in [2.45, 2.75) is 44.0 Å². The Morgan fingerprint density at radius 1 is 1.55 bits per heavy atom. The monoisotopic (exact) mass is 426 g/mol. The Labute approximate surface area is 146 Å². The van der Waals surface area contributed by atoms with Gasteiger partial charge in [0.25, 0.3) is 0 Å². The minimum atomic E-state index is 0. The Balaban J connectivity index is 0.00000200. The van der Waals surface area contributed by atoms with Gasteiger partial charge in [0.1, 0.15) is 0 Å². The van der Waals surface area contributed by atoms with Crippen molar-refractivity contribution >= 4 is 53.0 Å². The number of halogens is 1. The molecule has 2 N–H and O–H groups in total. The summed E-state index contributed by atoms with van der Waals surface area (Å²) in [5.41, 5.74) is 3.00. The van der Waals surface area contributed by atoms with Gasteiger partial charge in [-0.3, -0.25) is 4.99 Å². The van der Waals surface area contributed by atoms with E-state index < -0.39 is 0 Å². The van der Waals surface area contributed by atoms with Gasteiger partial charge in [-0.25, -0.2) is 4.98 Å². The molecule has 0 radical (unpaired) electrons. The van der Waals surface area contributed by atoms with Crippen LogP contribution >= 0.6 is 47.1 Å². The molecular formula is C13H23IN4S2. The molecular weight excluding hydrogens is 403 g/mol. The summed E-state index contributed by atoms with van der Waals surface area (Å²) in [4.78, 5) is 9.84. The van der Waals surface area contributed by atoms with Gasteiger partial charge in [0, 0.05) is 23.2 Å². The van der Waals surface area contributed by atoms with Crippen LogP contribution in [0.1, 0.15) is 29.8 Å². The van der Waals surface area contributed by atoms with E-state index in [0.717, 1.165) is 23.4 Å². The summed E-state index contributed by atoms with van der Waals surface area (Å²) in [5, 5.41) is 7.70. The third-order valence-corrected chi connectivity index (χ3v) is 5.57. The first-order chi connectivity index (χ1) is 9.22. The first kappa shape index (κ1) is 18.0. The van der Waals surface area contributed by atoms with E-state index in [-0.39, 0.29) is 24.0 Å². The molecule has 0 bridgehead atoms. The van der Waals surface area contributed by atoms with E-state index in [1.165, 1.54) is 24.1 Å². The fourth-order valence-electron chi connectivity index (χ4n) is 2.33. The molecule has 1 aliphatic rings. The van der Waals surface area contributed by atoms with Gasteiger partial charge >= 0.3 is 0 Å². The molecule has 0 aromatic carbocycles. The zero-order valence-corrected chi connectivity index (χ0v) is 16.1. The third kappa shape index (κ3) is 5.07. The highest BCUT2D eigenvalue weighted by Gasteiger charge is 2.24. The molecule has 0 spiro atoms. The van der Waals surface area contributed by atoms with Crippen LogP contribution < -0.4 is 10.6 Å². The Kier molecular flexibility index (Phi) is 8.20. The zero-order valence-electron chi connectivity index (χ0n) is 12.2. The molecule has 1 aromatic rings. The van der Waals surface area contributed by atoms with E-state index in [4.69, 9.17) is 0 Å². The van der Waals surface area contributed by atoms with Crippen molar-refractivity contribution in [1.29, 1.82) is 0 Å². The van der Waals surface area contributed by atoms with Crippen LogP contribution in [0.4, 0.5) is 0 Å². The lowest BCUT2D eigenvalue weighted by atomic mass is 10.2. The average molecular weight is 426 g/mol. The molecule has 2 atom stereocenters. The second kappa shape index (κ2) is 9.09. The molecule has 1 heterocycles. The summed E-state index contributed by atoms with van der Waals surface area (Å²) in [6, 6.07) is 0.561. The summed E-state index contributed by atoms with van der Waals surface area (Å²) >= 11 is 3.67. The van der Waals surface area contributed by atoms with Gasteiger partial charge in [-0.15, -0.1) is 35.3 Å². The van der Waals surface area contributed by atoms with E-state index in [2.05, 4.69) is 26.9 Å². The zero-order chi connectivity index (χ0) is 13.7. The van der Waals surface area contributed by atoms with Crippen LogP contribution in [0.25, 0.3) is 0 Å². The minimum Gasteiger partial charge on any atom is -0.354 e. The Hall–Kier alpha value is -0.0200. The number of aromatic nitrogens is 1. The highest BCUT2D eigenvalue weighted by Crippen LogP contribution is 2.28. The van der Waals surface area contributed by atoms with Crippen molar-refractivity contribution in [3.8, 4) is 0 Å². The Bertz CT molecular complexity index is 436. The average Bonchev–Trinajstić information content (AvgIpc) is 3.03. The minimum absolute atomic E-state index is 0. The molecule has 1 aromatic heterocycles. The van der Waals surface area contributed by atoms with Crippen LogP contribution in [0.15, 0.2) is 10.5 Å². The third-order valence-electron chi connectivity index (χ3n) is 3.54. The van der Waals surface area contributed by atoms with Crippen molar-refractivity contribution < 1.29 is 0 Å². The molecule has 0 aliphatic heterocycles. The van der Waals surface area contributed by atoms with Crippen LogP contribution in [-0.2, 0) is 6.54 Å². The maximum atomic E-state index is 4.30. The maximum absolute atomic E-state index is 4.30. The Morgan fingerprint density at radius 3 is 2.90 bits per heavy atom. The quantitative estimate of drug-likeness (QED) is 0.442. The number of nitrogens with one attached hydrogen (secondary N) is 2. The fourth-order valence-corrected chi connectivity index (χ4v) is 3.85. The SMILES string of the molecule is CN=C(NCc1scnc1C)NC1CCC(SC)C1.I. The predicted molar refractivity (Wildman–Crippen MR) is 101 cm³/mol. The van der Waals surface area contributed by atoms with E-state index in [1.54, 1.807) is 11.3 Å². The van der Waals surface area contributed by atoms with Gasteiger partial charge in [-0.1, -0.05) is 0 Å². The van der Waals surface area contributed by atoms with Gasteiger partial charge < -0.3 is 10.6 Å². The maximum Gasteiger partial charge on any atom is 0.191 e. The topological polar surface area (TPSA) is 49.3 Å². The second-order valence-corrected chi connectivity index (χ2v) is 6.88. The number of hydrogen-bond donors (Lipinski definition) is 2. The summed E-state index contributed by atoms with van der Waals surface area (Å²) in [6.07, 6.45) is 5.99. The van der Waals surface area contributed by atoms with Gasteiger partial charge in [-0.2, -0.15) is 11.8 Å². The summed E-state index contributed by atoms with van der Waals surface area (Å²) in [5.74, 6) is 0.902. The van der Waals surface area contributed by atoms with Crippen molar-refractivity contribution in [2.24, 2.45) is 4.99 Å². The fraction of sp³-hybridized carbons (Fsp3) is 0.692. The lowest BCUT2D eigenvalue weighted by Crippen LogP contribution is -2.42. The number of aliphatic imine (C=N–C) groups is 1. The van der Waals surface area contributed by atoms with Crippen LogP contribution in [0.5, 0.6) is 0 Å². The van der Waals surface area contributed by atoms with Gasteiger partial charge in [0.15, 0.2) is 5.96 Å². The van der Waals surface area contributed by atoms with Crippen molar-refractivity contribution in [1.82, 2.24) is 15.6 Å². The van der Waals surface area contributed by atoms with E-state index >= 15 is 0 Å². The normalized spacial score (nSPS) is 22.4. The highest BCUT2D eigenvalue weighted by molar-refractivity contribution is 14.0. The van der Waals surface area contributed by atoms with E-state index in [0.29, 0.717) is 6.04 Å². The number of nitrogens with zero attached hydrogens (tertiary/aromatic N) is 2. The molecule has 2 unspecified atom stereocenters. The van der Waals surface area contributed by atoms with Crippen molar-refractivity contribution in [3.63, 3.8) is 0 Å². The standard InChI is InChI=1S/C13H22N4S2.HI/c1-9-12(19-8-16-9)7-15-13(14-2)17-10-4-5-11(6-10)18-3;/h8,10-11H,4-7H2,1-3H3,(H2,14,15,17);1H. The van der Waals surface area contributed by atoms with Crippen LogP contribution in [0.3, 0.4) is 0 Å². The summed E-state index contributed by atoms with van der Waals surface area (Å²) in [6.45, 7) is 2.85. The molecule has 1 aliphatic carbocycles. The van der Waals surface area contributed by atoms with Crippen LogP contribution in [0.2, 0.25) is 0 Å². The molecule has 0 saturated heterocycles. The number of guanidine groups is 1. The predicted octanol–water partition coefficient (Wildman–Crippen LogP) is 3.02. The van der Waals surface area contributed by atoms with E-state index in [1.807, 2.05) is 31.2 Å². The lowest BCUT2D eigenvalue weighted by molar-refractivity contribution is 0.615. The van der Waals surface area contributed by atoms with Crippen molar-refractivity contribution in [3.05, 3.63) is 16.1 Å². The van der Waals surface area contributed by atoms with Crippen LogP contribution in [0, 0.1) is 6.92 Å².